The summed E-state index contributed by atoms with van der Waals surface area (Å²) in [6.45, 7) is -2.61. The maximum atomic E-state index is 12.1. The highest BCUT2D eigenvalue weighted by molar-refractivity contribution is 5.79. The number of aliphatic hydroxyl groups is 2. The number of alkyl halides is 4. The molecule has 204 valence electrons. The van der Waals surface area contributed by atoms with Crippen molar-refractivity contribution in [2.45, 2.75) is 19.5 Å². The molecule has 0 unspecified atom stereocenters. The van der Waals surface area contributed by atoms with Crippen molar-refractivity contribution in [1.29, 1.82) is 10.5 Å². The van der Waals surface area contributed by atoms with E-state index in [2.05, 4.69) is 9.97 Å². The van der Waals surface area contributed by atoms with E-state index < -0.39 is 38.6 Å². The number of aromatic nitrogens is 2. The van der Waals surface area contributed by atoms with E-state index >= 15 is 0 Å². The molecule has 0 saturated heterocycles. The maximum Gasteiger partial charge on any atom is 0.329 e. The molecule has 0 fully saturated rings. The van der Waals surface area contributed by atoms with Crippen LogP contribution in [0.4, 0.5) is 28.9 Å². The number of ether oxygens (including phenoxy) is 2. The van der Waals surface area contributed by atoms with Crippen molar-refractivity contribution < 1.29 is 47.1 Å². The number of carbonyl (C=O) groups is 1. The zero-order chi connectivity index (χ0) is 28.8. The lowest BCUT2D eigenvalue weighted by atomic mass is 10.1. The summed E-state index contributed by atoms with van der Waals surface area (Å²) in [6.07, 6.45) is -5.21. The van der Waals surface area contributed by atoms with E-state index in [9.17, 15) is 17.6 Å². The lowest BCUT2D eigenvalue weighted by molar-refractivity contribution is -0.140. The molecule has 16 heteroatoms. The first-order chi connectivity index (χ1) is 17.9. The van der Waals surface area contributed by atoms with E-state index in [0.717, 1.165) is 0 Å². The number of fused-ring (bicyclic) bond motifs is 1. The number of benzene rings is 2. The van der Waals surface area contributed by atoms with Gasteiger partial charge >= 0.3 is 5.97 Å². The number of nitrogen functional groups attached to an aromatic ring is 2. The van der Waals surface area contributed by atoms with E-state index in [1.807, 2.05) is 6.07 Å². The number of hydrogen-bond donors (Lipinski definition) is 6. The number of imidazole rings is 1. The molecule has 0 atom stereocenters. The second-order valence-corrected chi connectivity index (χ2v) is 6.86. The highest BCUT2D eigenvalue weighted by atomic mass is 19.3. The van der Waals surface area contributed by atoms with Gasteiger partial charge in [0.25, 0.3) is 12.9 Å². The Kier molecular flexibility index (Phi) is 12.6. The number of nitrogens with one attached hydrogen (secondary N) is 1. The largest absolute Gasteiger partial charge is 0.486 e. The summed E-state index contributed by atoms with van der Waals surface area (Å²) < 4.78 is 57.4. The molecule has 0 bridgehead atoms. The summed E-state index contributed by atoms with van der Waals surface area (Å²) in [6, 6.07) is 9.03. The molecule has 3 aromatic rings. The molecule has 3 rings (SSSR count). The first kappa shape index (κ1) is 31.2. The Morgan fingerprint density at radius 3 is 1.87 bits per heavy atom. The number of anilines is 2. The number of nitrogens with zero attached hydrogens (tertiary/aromatic N) is 3. The van der Waals surface area contributed by atoms with Gasteiger partial charge in [-0.3, -0.25) is 0 Å². The average molecular weight is 542 g/mol. The minimum absolute atomic E-state index is 0.0181. The summed E-state index contributed by atoms with van der Waals surface area (Å²) in [5.74, 6) is -0.782. The van der Waals surface area contributed by atoms with E-state index in [4.69, 9.17) is 51.6 Å². The number of nitriles is 2. The molecule has 1 aromatic heterocycles. The monoisotopic (exact) mass is 542 g/mol. The molecule has 0 amide bonds. The van der Waals surface area contributed by atoms with Gasteiger partial charge in [-0.05, 0) is 12.1 Å². The highest BCUT2D eigenvalue weighted by Crippen LogP contribution is 2.27. The molecule has 38 heavy (non-hydrogen) atoms. The van der Waals surface area contributed by atoms with Crippen LogP contribution in [-0.2, 0) is 11.4 Å². The van der Waals surface area contributed by atoms with Crippen LogP contribution in [0.25, 0.3) is 11.0 Å². The van der Waals surface area contributed by atoms with E-state index in [1.54, 1.807) is 6.07 Å². The van der Waals surface area contributed by atoms with Gasteiger partial charge in [-0.25, -0.2) is 27.3 Å². The smallest absolute Gasteiger partial charge is 0.329 e. The lowest BCUT2D eigenvalue weighted by Gasteiger charge is -2.09. The number of aliphatic carboxylic acids is 1. The Hall–Kier alpha value is -4.80. The third-order valence-electron chi connectivity index (χ3n) is 4.07. The van der Waals surface area contributed by atoms with Gasteiger partial charge in [0.05, 0.1) is 33.5 Å². The molecule has 1 heterocycles. The fourth-order valence-corrected chi connectivity index (χ4v) is 2.50. The number of aromatic amines is 1. The molecule has 2 aromatic carbocycles. The first-order valence-corrected chi connectivity index (χ1v) is 10.2. The molecule has 0 saturated carbocycles. The van der Waals surface area contributed by atoms with Crippen molar-refractivity contribution in [1.82, 2.24) is 9.97 Å². The van der Waals surface area contributed by atoms with Gasteiger partial charge in [0.15, 0.2) is 0 Å². The van der Waals surface area contributed by atoms with Gasteiger partial charge in [0.1, 0.15) is 55.9 Å². The normalized spacial score (nSPS) is 10.1. The minimum atomic E-state index is -2.61. The maximum absolute atomic E-state index is 12.1. The predicted molar refractivity (Wildman–Crippen MR) is 124 cm³/mol. The van der Waals surface area contributed by atoms with Crippen LogP contribution in [-0.4, -0.2) is 63.9 Å². The van der Waals surface area contributed by atoms with Crippen molar-refractivity contribution in [3.63, 3.8) is 0 Å². The van der Waals surface area contributed by atoms with Crippen LogP contribution in [0, 0.1) is 22.7 Å². The number of H-pyrrole nitrogens is 1. The fourth-order valence-electron chi connectivity index (χ4n) is 2.50. The molecule has 8 N–H and O–H groups in total. The second kappa shape index (κ2) is 15.3. The zero-order valence-corrected chi connectivity index (χ0v) is 19.4. The standard InChI is InChI=1S/C11H9F2N3O2.C9H9F2N3O.C2H4O3/c12-10(13)5-18-9-2-8-7(1-6(9)3-14)15-11(4-17)16-8;10-9(11)4-15-8-2-7(14)6(13)1-5(8)3-12;3-1-2(4)5/h1-2,10,17H,4-5H2,(H,15,16);1-2,9H,4,13-14H2;3H,1H2,(H,4,5). The van der Waals surface area contributed by atoms with Gasteiger partial charge in [-0.15, -0.1) is 0 Å². The summed E-state index contributed by atoms with van der Waals surface area (Å²) in [7, 11) is 0. The van der Waals surface area contributed by atoms with Crippen molar-refractivity contribution in [3.8, 4) is 23.6 Å². The van der Waals surface area contributed by atoms with Crippen LogP contribution < -0.4 is 20.9 Å². The van der Waals surface area contributed by atoms with Crippen LogP contribution in [0.3, 0.4) is 0 Å². The van der Waals surface area contributed by atoms with Crippen molar-refractivity contribution in [2.75, 3.05) is 31.3 Å². The molecule has 12 nitrogen and oxygen atoms in total. The van der Waals surface area contributed by atoms with Gasteiger partial charge in [0.2, 0.25) is 0 Å². The van der Waals surface area contributed by atoms with E-state index in [1.165, 1.54) is 24.3 Å². The Morgan fingerprint density at radius 1 is 0.947 bits per heavy atom. The highest BCUT2D eigenvalue weighted by Gasteiger charge is 2.12. The zero-order valence-electron chi connectivity index (χ0n) is 19.4. The van der Waals surface area contributed by atoms with Crippen LogP contribution in [0.5, 0.6) is 11.5 Å². The third-order valence-corrected chi connectivity index (χ3v) is 4.07. The topological polar surface area (TPSA) is 225 Å². The Morgan fingerprint density at radius 2 is 1.42 bits per heavy atom. The second-order valence-electron chi connectivity index (χ2n) is 6.86. The quantitative estimate of drug-likeness (QED) is 0.178. The first-order valence-electron chi connectivity index (χ1n) is 10.2. The number of carboxylic acids is 1. The van der Waals surface area contributed by atoms with E-state index in [-0.39, 0.29) is 40.6 Å². The van der Waals surface area contributed by atoms with Crippen LogP contribution in [0.15, 0.2) is 24.3 Å². The fraction of sp³-hybridized carbons (Fsp3) is 0.273. The van der Waals surface area contributed by atoms with Crippen molar-refractivity contribution in [2.24, 2.45) is 0 Å². The SMILES string of the molecule is N#Cc1cc(N)c(N)cc1OCC(F)F.N#Cc1cc2[nH]c(CO)nc2cc1OCC(F)F.O=C(O)CO. The lowest BCUT2D eigenvalue weighted by Crippen LogP contribution is -2.08. The summed E-state index contributed by atoms with van der Waals surface area (Å²) in [5.41, 5.74) is 12.5. The predicted octanol–water partition coefficient (Wildman–Crippen LogP) is 2.00. The number of aliphatic hydroxyl groups excluding tert-OH is 2. The summed E-state index contributed by atoms with van der Waals surface area (Å²) in [5, 5.41) is 41.5. The third kappa shape index (κ3) is 10.1. The van der Waals surface area contributed by atoms with Crippen molar-refractivity contribution >= 4 is 28.4 Å². The Bertz CT molecular complexity index is 1310. The molecule has 0 aliphatic rings. The van der Waals surface area contributed by atoms with Gasteiger partial charge < -0.3 is 41.2 Å². The number of halogens is 4. The molecular formula is C22H22F4N6O6. The van der Waals surface area contributed by atoms with Gasteiger partial charge in [-0.1, -0.05) is 0 Å². The molecule has 0 radical (unpaired) electrons. The van der Waals surface area contributed by atoms with Crippen LogP contribution in [0.2, 0.25) is 0 Å². The van der Waals surface area contributed by atoms with Gasteiger partial charge in [0, 0.05) is 12.1 Å². The molecular weight excluding hydrogens is 520 g/mol. The number of hydrogen-bond acceptors (Lipinski definition) is 10. The summed E-state index contributed by atoms with van der Waals surface area (Å²) >= 11 is 0. The molecule has 0 aliphatic heterocycles. The van der Waals surface area contributed by atoms with Gasteiger partial charge in [-0.2, -0.15) is 10.5 Å². The van der Waals surface area contributed by atoms with Crippen LogP contribution >= 0.6 is 0 Å². The molecule has 0 spiro atoms. The minimum Gasteiger partial charge on any atom is -0.486 e. The Balaban J connectivity index is 0.000000327. The average Bonchev–Trinajstić information content (AvgIpc) is 3.29. The Labute approximate surface area is 212 Å². The number of nitrogens with two attached hydrogens (primary N) is 2. The van der Waals surface area contributed by atoms with Crippen LogP contribution in [0.1, 0.15) is 17.0 Å². The summed E-state index contributed by atoms with van der Waals surface area (Å²) in [4.78, 5) is 15.9. The molecule has 0 aliphatic carbocycles. The number of rotatable bonds is 8. The van der Waals surface area contributed by atoms with Crippen molar-refractivity contribution in [3.05, 3.63) is 41.2 Å². The van der Waals surface area contributed by atoms with E-state index in [0.29, 0.717) is 16.9 Å². The number of carboxylic acid groups (broad SMARTS) is 1.